The van der Waals surface area contributed by atoms with E-state index in [1.54, 1.807) is 30.1 Å². The van der Waals surface area contributed by atoms with Crippen LogP contribution < -0.4 is 0 Å². The minimum Gasteiger partial charge on any atom is -0.390 e. The normalized spacial score (nSPS) is 16.7. The smallest absolute Gasteiger partial charge is 0.175 e. The van der Waals surface area contributed by atoms with E-state index in [9.17, 15) is 13.5 Å². The molecule has 1 saturated heterocycles. The summed E-state index contributed by atoms with van der Waals surface area (Å²) in [5.74, 6) is 0.293. The van der Waals surface area contributed by atoms with Crippen molar-refractivity contribution in [3.63, 3.8) is 0 Å². The average Bonchev–Trinajstić information content (AvgIpc) is 3.44. The lowest BCUT2D eigenvalue weighted by atomic mass is 9.86. The number of fused-ring (bicyclic) bond motifs is 3. The lowest BCUT2D eigenvalue weighted by Gasteiger charge is -2.33. The Morgan fingerprint density at radius 1 is 1.24 bits per heavy atom. The van der Waals surface area contributed by atoms with Crippen LogP contribution in [0.15, 0.2) is 59.2 Å². The van der Waals surface area contributed by atoms with Crippen LogP contribution in [0.3, 0.4) is 0 Å². The highest BCUT2D eigenvalue weighted by atomic mass is 32.2. The monoisotopic (exact) mass is 535 g/mol. The molecule has 0 amide bonds. The molecule has 0 radical (unpaired) electrons. The zero-order chi connectivity index (χ0) is 27.0. The third-order valence-electron chi connectivity index (χ3n) is 7.37. The van der Waals surface area contributed by atoms with Gasteiger partial charge in [-0.1, -0.05) is 29.0 Å². The van der Waals surface area contributed by atoms with Gasteiger partial charge in [-0.25, -0.2) is 13.1 Å². The predicted octanol–water partition coefficient (Wildman–Crippen LogP) is 4.37. The molecule has 0 unspecified atom stereocenters. The molecule has 1 fully saturated rings. The van der Waals surface area contributed by atoms with Crippen molar-refractivity contribution in [3.8, 4) is 11.3 Å². The maximum absolute atomic E-state index is 12.6. The first-order valence-corrected chi connectivity index (χ1v) is 14.6. The molecule has 200 valence electrons. The molecule has 1 aliphatic heterocycles. The van der Waals surface area contributed by atoms with Gasteiger partial charge in [0.25, 0.3) is 0 Å². The summed E-state index contributed by atoms with van der Waals surface area (Å²) in [4.78, 5) is 5.14. The van der Waals surface area contributed by atoms with Gasteiger partial charge < -0.3 is 14.4 Å². The Kier molecular flexibility index (Phi) is 7.21. The maximum Gasteiger partial charge on any atom is 0.175 e. The van der Waals surface area contributed by atoms with Gasteiger partial charge >= 0.3 is 0 Å². The summed E-state index contributed by atoms with van der Waals surface area (Å²) >= 11 is 0. The molecule has 0 bridgehead atoms. The van der Waals surface area contributed by atoms with Crippen LogP contribution in [0.2, 0.25) is 0 Å². The fourth-order valence-corrected chi connectivity index (χ4v) is 6.21. The molecule has 0 saturated carbocycles. The topological polar surface area (TPSA) is 112 Å². The molecule has 9 nitrogen and oxygen atoms in total. The van der Waals surface area contributed by atoms with Crippen LogP contribution in [-0.2, 0) is 28.2 Å². The van der Waals surface area contributed by atoms with Crippen molar-refractivity contribution in [1.29, 1.82) is 0 Å². The summed E-state index contributed by atoms with van der Waals surface area (Å²) in [6, 6.07) is 7.29. The molecule has 38 heavy (non-hydrogen) atoms. The van der Waals surface area contributed by atoms with Crippen LogP contribution in [0.4, 0.5) is 0 Å². The Labute approximate surface area is 222 Å². The lowest BCUT2D eigenvalue weighted by molar-refractivity contribution is 0.0548. The molecule has 1 atom stereocenters. The van der Waals surface area contributed by atoms with Gasteiger partial charge in [0.15, 0.2) is 9.84 Å². The number of benzene rings is 1. The minimum atomic E-state index is -3.42. The summed E-state index contributed by atoms with van der Waals surface area (Å²) in [7, 11) is -1.63. The Hall–Kier alpha value is -3.34. The summed E-state index contributed by atoms with van der Waals surface area (Å²) in [6.45, 7) is 5.26. The molecule has 0 spiro atoms. The Morgan fingerprint density at radius 3 is 2.68 bits per heavy atom. The van der Waals surface area contributed by atoms with Crippen LogP contribution in [0.5, 0.6) is 0 Å². The predicted molar refractivity (Wildman–Crippen MR) is 147 cm³/mol. The van der Waals surface area contributed by atoms with Gasteiger partial charge in [0.1, 0.15) is 5.69 Å². The van der Waals surface area contributed by atoms with Gasteiger partial charge in [-0.3, -0.25) is 4.98 Å². The molecule has 10 heteroatoms. The summed E-state index contributed by atoms with van der Waals surface area (Å²) in [6.07, 6.45) is 11.0. The molecule has 1 aromatic carbocycles. The first-order valence-electron chi connectivity index (χ1n) is 12.7. The van der Waals surface area contributed by atoms with E-state index >= 15 is 0 Å². The molecule has 5 rings (SSSR count). The number of hydrogen-bond donors (Lipinski definition) is 1. The molecular formula is C28H33N5O4S. The quantitative estimate of drug-likeness (QED) is 0.350. The first kappa shape index (κ1) is 26.3. The van der Waals surface area contributed by atoms with Gasteiger partial charge in [0, 0.05) is 43.7 Å². The highest BCUT2D eigenvalue weighted by Crippen LogP contribution is 2.41. The van der Waals surface area contributed by atoms with Gasteiger partial charge in [-0.2, -0.15) is 0 Å². The number of rotatable bonds is 7. The largest absolute Gasteiger partial charge is 0.390 e. The summed E-state index contributed by atoms with van der Waals surface area (Å²) in [5, 5.41) is 18.9. The van der Waals surface area contributed by atoms with E-state index in [2.05, 4.69) is 33.9 Å². The van der Waals surface area contributed by atoms with Crippen LogP contribution in [0.1, 0.15) is 38.4 Å². The highest BCUT2D eigenvalue weighted by Gasteiger charge is 2.30. The van der Waals surface area contributed by atoms with Crippen molar-refractivity contribution in [3.05, 3.63) is 60.0 Å². The number of allylic oxidation sites excluding steroid dienone is 4. The van der Waals surface area contributed by atoms with E-state index in [0.717, 1.165) is 40.3 Å². The zero-order valence-electron chi connectivity index (χ0n) is 22.1. The summed E-state index contributed by atoms with van der Waals surface area (Å²) in [5.41, 5.74) is 5.62. The number of sulfone groups is 1. The zero-order valence-corrected chi connectivity index (χ0v) is 22.9. The number of aromatic nitrogens is 5. The Bertz CT molecular complexity index is 1660. The lowest BCUT2D eigenvalue weighted by Crippen LogP contribution is -2.27. The van der Waals surface area contributed by atoms with Crippen LogP contribution in [0, 0.1) is 5.92 Å². The molecule has 4 aromatic rings. The number of pyridine rings is 1. The molecule has 4 heterocycles. The van der Waals surface area contributed by atoms with Crippen molar-refractivity contribution in [2.24, 2.45) is 13.0 Å². The van der Waals surface area contributed by atoms with Crippen molar-refractivity contribution >= 4 is 31.8 Å². The molecule has 1 N–H and O–H groups in total. The second kappa shape index (κ2) is 10.4. The van der Waals surface area contributed by atoms with Gasteiger partial charge in [-0.15, -0.1) is 5.10 Å². The number of aliphatic hydroxyl groups excluding tert-OH is 1. The molecule has 1 aliphatic rings. The van der Waals surface area contributed by atoms with Gasteiger partial charge in [0.2, 0.25) is 0 Å². The van der Waals surface area contributed by atoms with Crippen molar-refractivity contribution in [1.82, 2.24) is 24.5 Å². The minimum absolute atomic E-state index is 0.0380. The van der Waals surface area contributed by atoms with E-state index in [1.165, 1.54) is 11.8 Å². The first-order chi connectivity index (χ1) is 18.2. The highest BCUT2D eigenvalue weighted by molar-refractivity contribution is 7.90. The van der Waals surface area contributed by atoms with Crippen molar-refractivity contribution in [2.75, 3.05) is 19.5 Å². The van der Waals surface area contributed by atoms with E-state index in [0.29, 0.717) is 30.5 Å². The van der Waals surface area contributed by atoms with Crippen LogP contribution in [0.25, 0.3) is 33.2 Å². The second-order valence-electron chi connectivity index (χ2n) is 9.91. The molecule has 3 aromatic heterocycles. The van der Waals surface area contributed by atoms with E-state index in [4.69, 9.17) is 9.72 Å². The van der Waals surface area contributed by atoms with Crippen molar-refractivity contribution < 1.29 is 18.3 Å². The van der Waals surface area contributed by atoms with Gasteiger partial charge in [-0.05, 0) is 56.9 Å². The third-order valence-corrected chi connectivity index (χ3v) is 8.48. The average molecular weight is 536 g/mol. The molecule has 0 aliphatic carbocycles. The fraction of sp³-hybridized carbons (Fsp3) is 0.393. The Morgan fingerprint density at radius 2 is 2.00 bits per heavy atom. The second-order valence-corrected chi connectivity index (χ2v) is 11.9. The number of aliphatic hydroxyl groups is 1. The number of aryl methyl sites for hydroxylation is 1. The number of ether oxygens (including phenoxy) is 1. The third kappa shape index (κ3) is 4.68. The van der Waals surface area contributed by atoms with Crippen LogP contribution in [-0.4, -0.2) is 57.5 Å². The van der Waals surface area contributed by atoms with E-state index < -0.39 is 9.84 Å². The SMILES string of the molecule is C/C=C\C=C(/C)[C@H](C1CCOCC1)n1c2cc(S(C)(=O)=O)ccc2c2ncc(-c3c(CO)nnn3C)cc21. The fourth-order valence-electron chi connectivity index (χ4n) is 5.57. The summed E-state index contributed by atoms with van der Waals surface area (Å²) < 4.78 is 34.7. The number of nitrogens with zero attached hydrogens (tertiary/aromatic N) is 5. The Balaban J connectivity index is 1.87. The van der Waals surface area contributed by atoms with Gasteiger partial charge in [0.05, 0.1) is 39.8 Å². The van der Waals surface area contributed by atoms with E-state index in [1.807, 2.05) is 25.1 Å². The van der Waals surface area contributed by atoms with Crippen molar-refractivity contribution in [2.45, 2.75) is 44.2 Å². The van der Waals surface area contributed by atoms with Crippen LogP contribution >= 0.6 is 0 Å². The molecular weight excluding hydrogens is 502 g/mol. The maximum atomic E-state index is 12.6. The van der Waals surface area contributed by atoms with E-state index in [-0.39, 0.29) is 17.5 Å². The number of hydrogen-bond acceptors (Lipinski definition) is 7. The standard InChI is InChI=1S/C28H33N5O4S/c1-5-6-7-18(2)27(19-10-12-37-13-11-19)33-24-15-21(38(4,35)36)8-9-22(24)26-25(33)14-20(16-29-26)28-23(17-34)30-31-32(28)3/h5-9,14-16,19,27,34H,10-13,17H2,1-4H3/b6-5-,18-7+/t27-/m1/s1.